The zero-order valence-electron chi connectivity index (χ0n) is 17.3. The van der Waals surface area contributed by atoms with Crippen molar-refractivity contribution in [1.29, 1.82) is 0 Å². The maximum absolute atomic E-state index is 12.3. The monoisotopic (exact) mass is 413 g/mol. The van der Waals surface area contributed by atoms with Crippen molar-refractivity contribution >= 4 is 11.9 Å². The summed E-state index contributed by atoms with van der Waals surface area (Å²) >= 11 is 0. The molecule has 30 heavy (non-hydrogen) atoms. The summed E-state index contributed by atoms with van der Waals surface area (Å²) < 4.78 is 21.7. The van der Waals surface area contributed by atoms with E-state index in [9.17, 15) is 9.59 Å². The van der Waals surface area contributed by atoms with Gasteiger partial charge in [0.2, 0.25) is 0 Å². The van der Waals surface area contributed by atoms with Gasteiger partial charge in [0.25, 0.3) is 5.91 Å². The van der Waals surface area contributed by atoms with Gasteiger partial charge in [-0.3, -0.25) is 4.79 Å². The van der Waals surface area contributed by atoms with Crippen molar-refractivity contribution < 1.29 is 28.5 Å². The number of carbonyl (C=O) groups excluding carboxylic acids is 2. The van der Waals surface area contributed by atoms with Crippen LogP contribution in [0, 0.1) is 0 Å². The summed E-state index contributed by atoms with van der Waals surface area (Å²) in [4.78, 5) is 24.6. The molecule has 0 saturated carbocycles. The summed E-state index contributed by atoms with van der Waals surface area (Å²) in [5.41, 5.74) is 1.19. The van der Waals surface area contributed by atoms with Crippen LogP contribution in [0.5, 0.6) is 11.5 Å². The van der Waals surface area contributed by atoms with Crippen molar-refractivity contribution in [3.05, 3.63) is 59.7 Å². The molecule has 0 radical (unpaired) electrons. The number of methoxy groups -OCH3 is 1. The SMILES string of the molecule is COc1ccccc1CNC(=O)[C@@H](C)OC(=O)c1ccc(OC[C@@H]2CCCO2)cc1. The standard InChI is InChI=1S/C23H27NO6/c1-16(22(25)24-14-18-6-3-4-8-21(18)27-2)30-23(26)17-9-11-19(12-10-17)29-15-20-7-5-13-28-20/h3-4,6,8-12,16,20H,5,7,13-15H2,1-2H3,(H,24,25)/t16-,20+/m1/s1. The molecule has 1 amide bonds. The van der Waals surface area contributed by atoms with Gasteiger partial charge in [0.15, 0.2) is 6.10 Å². The van der Waals surface area contributed by atoms with Crippen LogP contribution in [-0.4, -0.2) is 44.4 Å². The van der Waals surface area contributed by atoms with Gasteiger partial charge in [-0.05, 0) is 50.1 Å². The fourth-order valence-corrected chi connectivity index (χ4v) is 3.11. The Morgan fingerprint density at radius 1 is 1.17 bits per heavy atom. The van der Waals surface area contributed by atoms with Gasteiger partial charge >= 0.3 is 5.97 Å². The Bertz CT molecular complexity index is 845. The molecule has 0 bridgehead atoms. The molecular weight excluding hydrogens is 386 g/mol. The zero-order chi connectivity index (χ0) is 21.3. The average molecular weight is 413 g/mol. The molecule has 2 aromatic carbocycles. The first-order valence-corrected chi connectivity index (χ1v) is 10.0. The van der Waals surface area contributed by atoms with E-state index in [-0.39, 0.29) is 18.6 Å². The normalized spacial score (nSPS) is 16.5. The molecule has 0 aromatic heterocycles. The number of ether oxygens (including phenoxy) is 4. The highest BCUT2D eigenvalue weighted by Crippen LogP contribution is 2.18. The predicted molar refractivity (Wildman–Crippen MR) is 111 cm³/mol. The number of hydrogen-bond acceptors (Lipinski definition) is 6. The summed E-state index contributed by atoms with van der Waals surface area (Å²) in [5, 5.41) is 2.75. The van der Waals surface area contributed by atoms with Crippen molar-refractivity contribution in [3.63, 3.8) is 0 Å². The van der Waals surface area contributed by atoms with E-state index in [1.165, 1.54) is 6.92 Å². The van der Waals surface area contributed by atoms with Crippen LogP contribution in [0.1, 0.15) is 35.7 Å². The first kappa shape index (κ1) is 21.6. The van der Waals surface area contributed by atoms with E-state index in [0.717, 1.165) is 25.0 Å². The molecule has 7 nitrogen and oxygen atoms in total. The molecule has 0 unspecified atom stereocenters. The number of rotatable bonds is 9. The van der Waals surface area contributed by atoms with Crippen LogP contribution < -0.4 is 14.8 Å². The molecule has 1 aliphatic rings. The van der Waals surface area contributed by atoms with E-state index in [0.29, 0.717) is 23.7 Å². The predicted octanol–water partition coefficient (Wildman–Crippen LogP) is 3.11. The van der Waals surface area contributed by atoms with E-state index in [1.54, 1.807) is 31.4 Å². The molecule has 1 saturated heterocycles. The van der Waals surface area contributed by atoms with Gasteiger partial charge in [-0.1, -0.05) is 18.2 Å². The third-order valence-corrected chi connectivity index (χ3v) is 4.85. The molecule has 1 aliphatic heterocycles. The Labute approximate surface area is 176 Å². The molecule has 2 aromatic rings. The molecule has 1 N–H and O–H groups in total. The second-order valence-corrected chi connectivity index (χ2v) is 7.05. The second kappa shape index (κ2) is 10.6. The molecule has 0 aliphatic carbocycles. The number of carbonyl (C=O) groups is 2. The molecular formula is C23H27NO6. The van der Waals surface area contributed by atoms with E-state index in [2.05, 4.69) is 5.32 Å². The average Bonchev–Trinajstić information content (AvgIpc) is 3.30. The summed E-state index contributed by atoms with van der Waals surface area (Å²) in [6.45, 7) is 3.09. The first-order valence-electron chi connectivity index (χ1n) is 10.0. The van der Waals surface area contributed by atoms with Crippen LogP contribution in [0.2, 0.25) is 0 Å². The Hall–Kier alpha value is -3.06. The lowest BCUT2D eigenvalue weighted by Gasteiger charge is -2.15. The van der Waals surface area contributed by atoms with Gasteiger partial charge in [0.05, 0.1) is 18.8 Å². The second-order valence-electron chi connectivity index (χ2n) is 7.05. The van der Waals surface area contributed by atoms with Crippen LogP contribution in [0.15, 0.2) is 48.5 Å². The van der Waals surface area contributed by atoms with Crippen LogP contribution in [-0.2, 0) is 20.8 Å². The lowest BCUT2D eigenvalue weighted by atomic mass is 10.2. The number of nitrogens with one attached hydrogen (secondary N) is 1. The van der Waals surface area contributed by atoms with Gasteiger partial charge < -0.3 is 24.3 Å². The number of amides is 1. The van der Waals surface area contributed by atoms with E-state index >= 15 is 0 Å². The first-order chi connectivity index (χ1) is 14.6. The minimum absolute atomic E-state index is 0.129. The molecule has 3 rings (SSSR count). The fourth-order valence-electron chi connectivity index (χ4n) is 3.11. The van der Waals surface area contributed by atoms with E-state index in [4.69, 9.17) is 18.9 Å². The molecule has 1 heterocycles. The highest BCUT2D eigenvalue weighted by Gasteiger charge is 2.20. The maximum atomic E-state index is 12.3. The summed E-state index contributed by atoms with van der Waals surface area (Å²) in [6.07, 6.45) is 1.26. The largest absolute Gasteiger partial charge is 0.496 e. The minimum Gasteiger partial charge on any atom is -0.496 e. The van der Waals surface area contributed by atoms with Crippen molar-refractivity contribution in [2.75, 3.05) is 20.3 Å². The van der Waals surface area contributed by atoms with Gasteiger partial charge in [0.1, 0.15) is 18.1 Å². The quantitative estimate of drug-likeness (QED) is 0.636. The number of hydrogen-bond donors (Lipinski definition) is 1. The third-order valence-electron chi connectivity index (χ3n) is 4.85. The highest BCUT2D eigenvalue weighted by molar-refractivity contribution is 5.92. The van der Waals surface area contributed by atoms with Crippen LogP contribution in [0.4, 0.5) is 0 Å². The Balaban J connectivity index is 1.46. The summed E-state index contributed by atoms with van der Waals surface area (Å²) in [6, 6.07) is 14.0. The lowest BCUT2D eigenvalue weighted by Crippen LogP contribution is -2.35. The van der Waals surface area contributed by atoms with Gasteiger partial charge in [-0.15, -0.1) is 0 Å². The van der Waals surface area contributed by atoms with E-state index in [1.807, 2.05) is 24.3 Å². The van der Waals surface area contributed by atoms with Gasteiger partial charge in [-0.2, -0.15) is 0 Å². The molecule has 2 atom stereocenters. The molecule has 0 spiro atoms. The van der Waals surface area contributed by atoms with Crippen molar-refractivity contribution in [1.82, 2.24) is 5.32 Å². The van der Waals surface area contributed by atoms with E-state index < -0.39 is 12.1 Å². The van der Waals surface area contributed by atoms with Crippen molar-refractivity contribution in [2.24, 2.45) is 0 Å². The molecule has 160 valence electrons. The Kier molecular flexibility index (Phi) is 7.68. The number of esters is 1. The topological polar surface area (TPSA) is 83.1 Å². The third kappa shape index (κ3) is 5.97. The van der Waals surface area contributed by atoms with Crippen molar-refractivity contribution in [3.8, 4) is 11.5 Å². The van der Waals surface area contributed by atoms with Crippen molar-refractivity contribution in [2.45, 2.75) is 38.5 Å². The highest BCUT2D eigenvalue weighted by atomic mass is 16.5. The van der Waals surface area contributed by atoms with Crippen LogP contribution in [0.25, 0.3) is 0 Å². The molecule has 7 heteroatoms. The Morgan fingerprint density at radius 3 is 2.63 bits per heavy atom. The summed E-state index contributed by atoms with van der Waals surface area (Å²) in [7, 11) is 1.57. The maximum Gasteiger partial charge on any atom is 0.338 e. The summed E-state index contributed by atoms with van der Waals surface area (Å²) in [5.74, 6) is 0.389. The number of benzene rings is 2. The smallest absolute Gasteiger partial charge is 0.338 e. The minimum atomic E-state index is -0.928. The lowest BCUT2D eigenvalue weighted by molar-refractivity contribution is -0.129. The Morgan fingerprint density at radius 2 is 1.93 bits per heavy atom. The number of para-hydroxylation sites is 1. The van der Waals surface area contributed by atoms with Crippen LogP contribution in [0.3, 0.4) is 0 Å². The van der Waals surface area contributed by atoms with Gasteiger partial charge in [-0.25, -0.2) is 4.79 Å². The zero-order valence-corrected chi connectivity index (χ0v) is 17.3. The molecule has 1 fully saturated rings. The van der Waals surface area contributed by atoms with Gasteiger partial charge in [0, 0.05) is 18.7 Å². The fraction of sp³-hybridized carbons (Fsp3) is 0.391. The van der Waals surface area contributed by atoms with Crippen LogP contribution >= 0.6 is 0 Å².